The van der Waals surface area contributed by atoms with E-state index in [-0.39, 0.29) is 0 Å². The van der Waals surface area contributed by atoms with E-state index in [9.17, 15) is 0 Å². The summed E-state index contributed by atoms with van der Waals surface area (Å²) in [6, 6.07) is 21.0. The number of hydrogen-bond acceptors (Lipinski definition) is 2. The highest BCUT2D eigenvalue weighted by Gasteiger charge is 2.40. The lowest BCUT2D eigenvalue weighted by atomic mass is 9.96. The highest BCUT2D eigenvalue weighted by molar-refractivity contribution is 7.80. The minimum atomic E-state index is 0.476. The van der Waals surface area contributed by atoms with Gasteiger partial charge in [-0.05, 0) is 68.1 Å². The van der Waals surface area contributed by atoms with E-state index >= 15 is 0 Å². The van der Waals surface area contributed by atoms with Crippen LogP contribution in [-0.2, 0) is 6.54 Å². The predicted molar refractivity (Wildman–Crippen MR) is 112 cm³/mol. The molecule has 26 heavy (non-hydrogen) atoms. The van der Waals surface area contributed by atoms with E-state index in [1.54, 1.807) is 0 Å². The van der Waals surface area contributed by atoms with Gasteiger partial charge in [0.15, 0.2) is 5.11 Å². The lowest BCUT2D eigenvalue weighted by Gasteiger charge is -2.39. The second-order valence-corrected chi connectivity index (χ2v) is 8.09. The molecular formula is C22H27N3S. The minimum absolute atomic E-state index is 0.476. The van der Waals surface area contributed by atoms with Gasteiger partial charge in [-0.15, -0.1) is 0 Å². The molecule has 2 bridgehead atoms. The van der Waals surface area contributed by atoms with Crippen molar-refractivity contribution in [3.05, 3.63) is 65.7 Å². The number of benzene rings is 2. The third-order valence-corrected chi connectivity index (χ3v) is 5.92. The number of thiocarbonyl (C=S) groups is 1. The smallest absolute Gasteiger partial charge is 0.170 e. The third-order valence-electron chi connectivity index (χ3n) is 5.70. The van der Waals surface area contributed by atoms with E-state index in [4.69, 9.17) is 12.2 Å². The molecule has 0 radical (unpaired) electrons. The van der Waals surface area contributed by atoms with E-state index in [0.717, 1.165) is 17.3 Å². The molecule has 136 valence electrons. The Morgan fingerprint density at radius 3 is 2.46 bits per heavy atom. The molecule has 2 aliphatic rings. The molecule has 2 aromatic carbocycles. The molecule has 2 saturated heterocycles. The molecule has 3 nitrogen and oxygen atoms in total. The van der Waals surface area contributed by atoms with Gasteiger partial charge >= 0.3 is 0 Å². The first-order valence-electron chi connectivity index (χ1n) is 9.61. The molecule has 2 aliphatic heterocycles. The van der Waals surface area contributed by atoms with E-state index in [0.29, 0.717) is 18.1 Å². The number of aryl methyl sites for hydroxylation is 1. The van der Waals surface area contributed by atoms with E-state index in [1.807, 2.05) is 0 Å². The summed E-state index contributed by atoms with van der Waals surface area (Å²) >= 11 is 5.56. The first-order chi connectivity index (χ1) is 12.7. The molecule has 2 heterocycles. The maximum absolute atomic E-state index is 5.56. The molecule has 2 unspecified atom stereocenters. The fraction of sp³-hybridized carbons (Fsp3) is 0.409. The monoisotopic (exact) mass is 365 g/mol. The van der Waals surface area contributed by atoms with Crippen molar-refractivity contribution >= 4 is 23.0 Å². The number of nitrogens with one attached hydrogen (secondary N) is 2. The fourth-order valence-corrected chi connectivity index (χ4v) is 4.80. The summed E-state index contributed by atoms with van der Waals surface area (Å²) in [6.45, 7) is 3.18. The zero-order chi connectivity index (χ0) is 17.9. The highest BCUT2D eigenvalue weighted by Crippen LogP contribution is 2.36. The van der Waals surface area contributed by atoms with Gasteiger partial charge in [-0.1, -0.05) is 42.5 Å². The SMILES string of the molecule is Cc1cccc(NC(=S)NC2CC3CCC(C2)N3Cc2ccccc2)c1. The van der Waals surface area contributed by atoms with Crippen molar-refractivity contribution in [1.82, 2.24) is 10.2 Å². The fourth-order valence-electron chi connectivity index (χ4n) is 4.52. The largest absolute Gasteiger partial charge is 0.360 e. The summed E-state index contributed by atoms with van der Waals surface area (Å²) in [4.78, 5) is 2.71. The van der Waals surface area contributed by atoms with Crippen LogP contribution in [0.4, 0.5) is 5.69 Å². The quantitative estimate of drug-likeness (QED) is 0.782. The molecule has 2 aromatic rings. The average Bonchev–Trinajstić information content (AvgIpc) is 2.85. The van der Waals surface area contributed by atoms with Crippen molar-refractivity contribution < 1.29 is 0 Å². The lowest BCUT2D eigenvalue weighted by Crippen LogP contribution is -2.50. The number of anilines is 1. The Balaban J connectivity index is 1.33. The maximum atomic E-state index is 5.56. The Kier molecular flexibility index (Phi) is 5.23. The Morgan fingerprint density at radius 1 is 1.04 bits per heavy atom. The summed E-state index contributed by atoms with van der Waals surface area (Å²) < 4.78 is 0. The Hall–Kier alpha value is -1.91. The van der Waals surface area contributed by atoms with E-state index < -0.39 is 0 Å². The van der Waals surface area contributed by atoms with Gasteiger partial charge in [-0.25, -0.2) is 0 Å². The Morgan fingerprint density at radius 2 is 1.77 bits per heavy atom. The predicted octanol–water partition coefficient (Wildman–Crippen LogP) is 4.48. The maximum Gasteiger partial charge on any atom is 0.170 e. The van der Waals surface area contributed by atoms with Crippen molar-refractivity contribution in [3.8, 4) is 0 Å². The van der Waals surface area contributed by atoms with Crippen molar-refractivity contribution in [2.45, 2.75) is 57.3 Å². The zero-order valence-electron chi connectivity index (χ0n) is 15.3. The lowest BCUT2D eigenvalue weighted by molar-refractivity contribution is 0.115. The van der Waals surface area contributed by atoms with Gasteiger partial charge in [0.05, 0.1) is 0 Å². The Labute approximate surface area is 161 Å². The average molecular weight is 366 g/mol. The van der Waals surface area contributed by atoms with Crippen LogP contribution < -0.4 is 10.6 Å². The standard InChI is InChI=1S/C22H27N3S/c1-16-6-5-9-18(12-16)23-22(26)24-19-13-20-10-11-21(14-19)25(20)15-17-7-3-2-4-8-17/h2-9,12,19-21H,10-11,13-15H2,1H3,(H2,23,24,26). The second-order valence-electron chi connectivity index (χ2n) is 7.68. The molecule has 0 amide bonds. The summed E-state index contributed by atoms with van der Waals surface area (Å²) in [5.41, 5.74) is 3.73. The minimum Gasteiger partial charge on any atom is -0.360 e. The number of hydrogen-bond donors (Lipinski definition) is 2. The van der Waals surface area contributed by atoms with Gasteiger partial charge in [0.25, 0.3) is 0 Å². The summed E-state index contributed by atoms with van der Waals surface area (Å²) in [7, 11) is 0. The molecule has 2 fully saturated rings. The van der Waals surface area contributed by atoms with Gasteiger partial charge < -0.3 is 10.6 Å². The van der Waals surface area contributed by atoms with Crippen molar-refractivity contribution in [2.24, 2.45) is 0 Å². The van der Waals surface area contributed by atoms with Crippen molar-refractivity contribution in [3.63, 3.8) is 0 Å². The van der Waals surface area contributed by atoms with Crippen LogP contribution in [-0.4, -0.2) is 28.1 Å². The first-order valence-corrected chi connectivity index (χ1v) is 10.0. The van der Waals surface area contributed by atoms with E-state index in [1.165, 1.54) is 36.8 Å². The van der Waals surface area contributed by atoms with Gasteiger partial charge in [0.2, 0.25) is 0 Å². The third kappa shape index (κ3) is 4.08. The van der Waals surface area contributed by atoms with Crippen LogP contribution >= 0.6 is 12.2 Å². The second kappa shape index (κ2) is 7.77. The Bertz CT molecular complexity index is 747. The molecule has 0 aliphatic carbocycles. The van der Waals surface area contributed by atoms with Crippen molar-refractivity contribution in [2.75, 3.05) is 5.32 Å². The number of rotatable bonds is 4. The summed E-state index contributed by atoms with van der Waals surface area (Å²) in [5, 5.41) is 7.65. The first kappa shape index (κ1) is 17.5. The summed E-state index contributed by atoms with van der Waals surface area (Å²) in [5.74, 6) is 0. The van der Waals surface area contributed by atoms with Crippen LogP contribution in [0.3, 0.4) is 0 Å². The number of fused-ring (bicyclic) bond motifs is 2. The van der Waals surface area contributed by atoms with Crippen LogP contribution in [0.15, 0.2) is 54.6 Å². The van der Waals surface area contributed by atoms with Gasteiger partial charge in [0.1, 0.15) is 0 Å². The highest BCUT2D eigenvalue weighted by atomic mass is 32.1. The van der Waals surface area contributed by atoms with Crippen LogP contribution in [0.25, 0.3) is 0 Å². The number of piperidine rings is 1. The van der Waals surface area contributed by atoms with Gasteiger partial charge in [0, 0.05) is 30.4 Å². The molecule has 2 N–H and O–H groups in total. The van der Waals surface area contributed by atoms with Crippen LogP contribution in [0.2, 0.25) is 0 Å². The molecule has 4 rings (SSSR count). The number of nitrogens with zero attached hydrogens (tertiary/aromatic N) is 1. The zero-order valence-corrected chi connectivity index (χ0v) is 16.1. The molecule has 0 saturated carbocycles. The molecule has 4 heteroatoms. The van der Waals surface area contributed by atoms with Crippen LogP contribution in [0.5, 0.6) is 0 Å². The van der Waals surface area contributed by atoms with Crippen LogP contribution in [0.1, 0.15) is 36.8 Å². The molecule has 0 aromatic heterocycles. The normalized spacial score (nSPS) is 25.0. The molecule has 2 atom stereocenters. The summed E-state index contributed by atoms with van der Waals surface area (Å²) in [6.07, 6.45) is 4.99. The molecule has 0 spiro atoms. The van der Waals surface area contributed by atoms with Crippen molar-refractivity contribution in [1.29, 1.82) is 0 Å². The van der Waals surface area contributed by atoms with E-state index in [2.05, 4.69) is 77.1 Å². The van der Waals surface area contributed by atoms with Gasteiger partial charge in [-0.3, -0.25) is 4.90 Å². The van der Waals surface area contributed by atoms with Gasteiger partial charge in [-0.2, -0.15) is 0 Å². The molecular weight excluding hydrogens is 338 g/mol. The van der Waals surface area contributed by atoms with Crippen LogP contribution in [0, 0.1) is 6.92 Å². The topological polar surface area (TPSA) is 27.3 Å².